The van der Waals surface area contributed by atoms with Crippen LogP contribution in [-0.4, -0.2) is 0 Å². The molecule has 0 atom stereocenters. The maximum absolute atomic E-state index is 8.94. The maximum Gasteiger partial charge on any atom is 0.145 e. The number of nitriles is 1. The first-order chi connectivity index (χ1) is 7.79. The standard InChI is InChI=1S/C13H10N2O/c14-9-10-8-11(15)6-7-13(10)16-12-4-2-1-3-5-12/h1-8H,15H2. The molecule has 2 rings (SSSR count). The monoisotopic (exact) mass is 210 g/mol. The highest BCUT2D eigenvalue weighted by molar-refractivity contribution is 5.54. The van der Waals surface area contributed by atoms with Crippen LogP contribution in [0.2, 0.25) is 0 Å². The zero-order valence-corrected chi connectivity index (χ0v) is 8.55. The predicted octanol–water partition coefficient (Wildman–Crippen LogP) is 2.93. The number of hydrogen-bond donors (Lipinski definition) is 1. The van der Waals surface area contributed by atoms with Gasteiger partial charge in [0.2, 0.25) is 0 Å². The molecule has 0 saturated carbocycles. The van der Waals surface area contributed by atoms with E-state index in [0.717, 1.165) is 0 Å². The molecule has 0 radical (unpaired) electrons. The van der Waals surface area contributed by atoms with E-state index in [-0.39, 0.29) is 0 Å². The van der Waals surface area contributed by atoms with E-state index in [2.05, 4.69) is 6.07 Å². The van der Waals surface area contributed by atoms with Crippen LogP contribution in [0, 0.1) is 11.3 Å². The molecule has 2 aromatic rings. The lowest BCUT2D eigenvalue weighted by molar-refractivity contribution is 0.481. The molecule has 0 aromatic heterocycles. The van der Waals surface area contributed by atoms with Gasteiger partial charge in [0.25, 0.3) is 0 Å². The number of nitrogen functional groups attached to an aromatic ring is 1. The molecule has 16 heavy (non-hydrogen) atoms. The van der Waals surface area contributed by atoms with Crippen molar-refractivity contribution in [1.29, 1.82) is 5.26 Å². The van der Waals surface area contributed by atoms with Gasteiger partial charge in [0.05, 0.1) is 5.56 Å². The SMILES string of the molecule is N#Cc1cc(N)ccc1Oc1ccccc1. The molecule has 3 nitrogen and oxygen atoms in total. The van der Waals surface area contributed by atoms with Crippen molar-refractivity contribution < 1.29 is 4.74 Å². The van der Waals surface area contributed by atoms with Crippen LogP contribution in [0.1, 0.15) is 5.56 Å². The Morgan fingerprint density at radius 1 is 1.06 bits per heavy atom. The van der Waals surface area contributed by atoms with Gasteiger partial charge in [-0.15, -0.1) is 0 Å². The summed E-state index contributed by atoms with van der Waals surface area (Å²) in [7, 11) is 0. The molecule has 0 bridgehead atoms. The summed E-state index contributed by atoms with van der Waals surface area (Å²) in [6, 6.07) is 16.4. The summed E-state index contributed by atoms with van der Waals surface area (Å²) in [6.45, 7) is 0. The van der Waals surface area contributed by atoms with Crippen molar-refractivity contribution >= 4 is 5.69 Å². The van der Waals surface area contributed by atoms with E-state index in [1.54, 1.807) is 18.2 Å². The molecule has 0 amide bonds. The van der Waals surface area contributed by atoms with E-state index in [0.29, 0.717) is 22.7 Å². The molecule has 0 aliphatic rings. The first-order valence-corrected chi connectivity index (χ1v) is 4.82. The van der Waals surface area contributed by atoms with Crippen molar-refractivity contribution in [1.82, 2.24) is 0 Å². The summed E-state index contributed by atoms with van der Waals surface area (Å²) in [6.07, 6.45) is 0. The second kappa shape index (κ2) is 4.37. The molecule has 0 saturated heterocycles. The fourth-order valence-electron chi connectivity index (χ4n) is 1.34. The Morgan fingerprint density at radius 3 is 2.50 bits per heavy atom. The Labute approximate surface area is 93.7 Å². The lowest BCUT2D eigenvalue weighted by Crippen LogP contribution is -1.91. The number of nitrogens with zero attached hydrogens (tertiary/aromatic N) is 1. The van der Waals surface area contributed by atoms with Crippen LogP contribution < -0.4 is 10.5 Å². The first kappa shape index (κ1) is 10.1. The predicted molar refractivity (Wildman–Crippen MR) is 62.1 cm³/mol. The summed E-state index contributed by atoms with van der Waals surface area (Å²) >= 11 is 0. The normalized spacial score (nSPS) is 9.44. The molecule has 3 heteroatoms. The number of nitrogens with two attached hydrogens (primary N) is 1. The Hall–Kier alpha value is -2.47. The average molecular weight is 210 g/mol. The van der Waals surface area contributed by atoms with Gasteiger partial charge in [-0.05, 0) is 30.3 Å². The van der Waals surface area contributed by atoms with E-state index >= 15 is 0 Å². The molecule has 78 valence electrons. The molecule has 2 aromatic carbocycles. The number of ether oxygens (including phenoxy) is 1. The molecule has 2 N–H and O–H groups in total. The van der Waals surface area contributed by atoms with Gasteiger partial charge in [-0.3, -0.25) is 0 Å². The van der Waals surface area contributed by atoms with Gasteiger partial charge in [-0.2, -0.15) is 5.26 Å². The molecule has 0 aliphatic carbocycles. The summed E-state index contributed by atoms with van der Waals surface area (Å²) in [5.41, 5.74) is 6.58. The van der Waals surface area contributed by atoms with Gasteiger partial charge in [-0.25, -0.2) is 0 Å². The zero-order valence-electron chi connectivity index (χ0n) is 8.55. The second-order valence-electron chi connectivity index (χ2n) is 3.28. The third-order valence-corrected chi connectivity index (χ3v) is 2.10. The highest BCUT2D eigenvalue weighted by atomic mass is 16.5. The van der Waals surface area contributed by atoms with Crippen molar-refractivity contribution in [3.05, 3.63) is 54.1 Å². The molecule has 0 spiro atoms. The largest absolute Gasteiger partial charge is 0.456 e. The van der Waals surface area contributed by atoms with E-state index in [4.69, 9.17) is 15.7 Å². The third-order valence-electron chi connectivity index (χ3n) is 2.10. The number of hydrogen-bond acceptors (Lipinski definition) is 3. The zero-order chi connectivity index (χ0) is 11.4. The van der Waals surface area contributed by atoms with E-state index in [9.17, 15) is 0 Å². The summed E-state index contributed by atoms with van der Waals surface area (Å²) in [5, 5.41) is 8.94. The fourth-order valence-corrected chi connectivity index (χ4v) is 1.34. The Bertz CT molecular complexity index is 529. The van der Waals surface area contributed by atoms with Crippen molar-refractivity contribution in [2.75, 3.05) is 5.73 Å². The van der Waals surface area contributed by atoms with Crippen LogP contribution in [0.15, 0.2) is 48.5 Å². The molecule has 0 aliphatic heterocycles. The molecular weight excluding hydrogens is 200 g/mol. The topological polar surface area (TPSA) is 59.0 Å². The molecule has 0 fully saturated rings. The number of benzene rings is 2. The van der Waals surface area contributed by atoms with Crippen LogP contribution in [0.5, 0.6) is 11.5 Å². The molecular formula is C13H10N2O. The van der Waals surface area contributed by atoms with Crippen LogP contribution >= 0.6 is 0 Å². The van der Waals surface area contributed by atoms with Crippen LogP contribution in [0.25, 0.3) is 0 Å². The highest BCUT2D eigenvalue weighted by Gasteiger charge is 2.04. The summed E-state index contributed by atoms with van der Waals surface area (Å²) in [5.74, 6) is 1.21. The van der Waals surface area contributed by atoms with Crippen LogP contribution in [0.4, 0.5) is 5.69 Å². The number of anilines is 1. The first-order valence-electron chi connectivity index (χ1n) is 4.82. The minimum Gasteiger partial charge on any atom is -0.456 e. The Kier molecular flexibility index (Phi) is 2.75. The Morgan fingerprint density at radius 2 is 1.81 bits per heavy atom. The lowest BCUT2D eigenvalue weighted by atomic mass is 10.2. The fraction of sp³-hybridized carbons (Fsp3) is 0. The Balaban J connectivity index is 2.32. The van der Waals surface area contributed by atoms with E-state index < -0.39 is 0 Å². The summed E-state index contributed by atoms with van der Waals surface area (Å²) in [4.78, 5) is 0. The third kappa shape index (κ3) is 2.12. The van der Waals surface area contributed by atoms with Gasteiger partial charge >= 0.3 is 0 Å². The van der Waals surface area contributed by atoms with E-state index in [1.807, 2.05) is 30.3 Å². The lowest BCUT2D eigenvalue weighted by Gasteiger charge is -2.07. The van der Waals surface area contributed by atoms with Gasteiger partial charge in [0.1, 0.15) is 17.6 Å². The van der Waals surface area contributed by atoms with Crippen molar-refractivity contribution in [2.45, 2.75) is 0 Å². The van der Waals surface area contributed by atoms with Gasteiger partial charge in [0, 0.05) is 5.69 Å². The minimum absolute atomic E-state index is 0.434. The molecule has 0 unspecified atom stereocenters. The minimum atomic E-state index is 0.434. The quantitative estimate of drug-likeness (QED) is 0.775. The van der Waals surface area contributed by atoms with Crippen molar-refractivity contribution in [3.63, 3.8) is 0 Å². The van der Waals surface area contributed by atoms with Crippen molar-refractivity contribution in [2.24, 2.45) is 0 Å². The van der Waals surface area contributed by atoms with Gasteiger partial charge < -0.3 is 10.5 Å². The van der Waals surface area contributed by atoms with Gasteiger partial charge in [0.15, 0.2) is 0 Å². The van der Waals surface area contributed by atoms with E-state index in [1.165, 1.54) is 0 Å². The smallest absolute Gasteiger partial charge is 0.145 e. The summed E-state index contributed by atoms with van der Waals surface area (Å²) < 4.78 is 5.58. The highest BCUT2D eigenvalue weighted by Crippen LogP contribution is 2.26. The van der Waals surface area contributed by atoms with Crippen molar-refractivity contribution in [3.8, 4) is 17.6 Å². The van der Waals surface area contributed by atoms with Gasteiger partial charge in [-0.1, -0.05) is 18.2 Å². The number of para-hydroxylation sites is 1. The maximum atomic E-state index is 8.94. The van der Waals surface area contributed by atoms with Crippen LogP contribution in [-0.2, 0) is 0 Å². The average Bonchev–Trinajstić information content (AvgIpc) is 2.33. The number of rotatable bonds is 2. The van der Waals surface area contributed by atoms with Crippen LogP contribution in [0.3, 0.4) is 0 Å². The molecule has 0 heterocycles. The second-order valence-corrected chi connectivity index (χ2v) is 3.28.